The molecule has 5 rings (SSSR count). The lowest BCUT2D eigenvalue weighted by Crippen LogP contribution is -2.50. The molecule has 2 amide bonds. The lowest BCUT2D eigenvalue weighted by molar-refractivity contribution is 0.0933. The molecule has 2 aliphatic heterocycles. The van der Waals surface area contributed by atoms with E-state index >= 15 is 0 Å². The first-order valence-electron chi connectivity index (χ1n) is 12.9. The van der Waals surface area contributed by atoms with Crippen LogP contribution in [-0.4, -0.2) is 78.8 Å². The van der Waals surface area contributed by atoms with E-state index in [9.17, 15) is 18.0 Å². The maximum atomic E-state index is 13.1. The number of benzene rings is 2. The molecule has 214 valence electrons. The van der Waals surface area contributed by atoms with Gasteiger partial charge in [0.05, 0.1) is 17.2 Å². The van der Waals surface area contributed by atoms with Crippen LogP contribution in [0.2, 0.25) is 0 Å². The second-order valence-electron chi connectivity index (χ2n) is 9.40. The smallest absolute Gasteiger partial charge is 0.409 e. The van der Waals surface area contributed by atoms with Gasteiger partial charge in [0.2, 0.25) is 10.0 Å². The number of ether oxygens (including phenoxy) is 1. The van der Waals surface area contributed by atoms with E-state index in [1.54, 1.807) is 6.92 Å². The molecule has 0 atom stereocenters. The summed E-state index contributed by atoms with van der Waals surface area (Å²) in [5.41, 5.74) is 2.63. The minimum Gasteiger partial charge on any atom is -0.450 e. The Labute approximate surface area is 244 Å². The normalized spacial score (nSPS) is 16.1. The molecule has 1 fully saturated rings. The Bertz CT molecular complexity index is 1430. The first-order chi connectivity index (χ1) is 18.8. The quantitative estimate of drug-likeness (QED) is 0.435. The number of carbonyl (C=O) groups excluding carboxylic acids is 2. The van der Waals surface area contributed by atoms with Crippen LogP contribution in [-0.2, 0) is 34.3 Å². The van der Waals surface area contributed by atoms with Gasteiger partial charge in [-0.1, -0.05) is 30.3 Å². The van der Waals surface area contributed by atoms with Crippen molar-refractivity contribution in [2.45, 2.75) is 31.3 Å². The molecule has 10 nitrogen and oxygen atoms in total. The third-order valence-corrected chi connectivity index (χ3v) is 9.71. The largest absolute Gasteiger partial charge is 0.450 e. The van der Waals surface area contributed by atoms with Gasteiger partial charge in [0.1, 0.15) is 0 Å². The fourth-order valence-electron chi connectivity index (χ4n) is 4.70. The predicted octanol–water partition coefficient (Wildman–Crippen LogP) is 3.84. The van der Waals surface area contributed by atoms with Crippen molar-refractivity contribution in [3.63, 3.8) is 0 Å². The van der Waals surface area contributed by atoms with Crippen molar-refractivity contribution in [2.75, 3.05) is 44.6 Å². The number of nitrogens with zero attached hydrogens (tertiary/aromatic N) is 4. The van der Waals surface area contributed by atoms with Crippen LogP contribution < -0.4 is 5.32 Å². The van der Waals surface area contributed by atoms with E-state index in [1.807, 2.05) is 18.2 Å². The van der Waals surface area contributed by atoms with Crippen LogP contribution in [0.25, 0.3) is 0 Å². The van der Waals surface area contributed by atoms with Crippen molar-refractivity contribution in [3.8, 4) is 0 Å². The molecule has 0 saturated carbocycles. The first kappa shape index (κ1) is 29.9. The SMILES string of the molecule is CCOC(=O)N1CCN(S(=O)(=O)c2ccc(C(=O)Nc3nc4c(s3)CN(Cc3ccccc3)CC4)cc2)CC1.Cl. The molecule has 3 aromatic rings. The van der Waals surface area contributed by atoms with Crippen LogP contribution in [0.15, 0.2) is 59.5 Å². The van der Waals surface area contributed by atoms with Crippen molar-refractivity contribution >= 4 is 50.9 Å². The molecule has 0 unspecified atom stereocenters. The molecule has 2 aliphatic rings. The van der Waals surface area contributed by atoms with Crippen LogP contribution in [0.3, 0.4) is 0 Å². The summed E-state index contributed by atoms with van der Waals surface area (Å²) in [6.45, 7) is 5.47. The molecule has 1 saturated heterocycles. The molecule has 1 aromatic heterocycles. The minimum absolute atomic E-state index is 0. The highest BCUT2D eigenvalue weighted by Gasteiger charge is 2.31. The summed E-state index contributed by atoms with van der Waals surface area (Å²) in [5.74, 6) is -0.339. The maximum Gasteiger partial charge on any atom is 0.409 e. The monoisotopic (exact) mass is 605 g/mol. The molecule has 3 heterocycles. The zero-order valence-electron chi connectivity index (χ0n) is 22.1. The van der Waals surface area contributed by atoms with Crippen molar-refractivity contribution in [2.24, 2.45) is 0 Å². The number of nitrogens with one attached hydrogen (secondary N) is 1. The standard InChI is InChI=1S/C27H31N5O5S2.ClH/c1-2-37-27(34)31-14-16-32(17-15-31)39(35,36)22-10-8-21(9-11-22)25(33)29-26-28-23-12-13-30(19-24(23)38-26)18-20-6-4-3-5-7-20;/h3-11H,2,12-19H2,1H3,(H,28,29,33);1H. The van der Waals surface area contributed by atoms with Gasteiger partial charge >= 0.3 is 6.09 Å². The highest BCUT2D eigenvalue weighted by molar-refractivity contribution is 7.89. The van der Waals surface area contributed by atoms with Gasteiger partial charge in [0, 0.05) is 62.7 Å². The van der Waals surface area contributed by atoms with Gasteiger partial charge in [0.25, 0.3) is 5.91 Å². The van der Waals surface area contributed by atoms with E-state index in [1.165, 1.54) is 50.4 Å². The lowest BCUT2D eigenvalue weighted by Gasteiger charge is -2.33. The topological polar surface area (TPSA) is 112 Å². The molecule has 0 spiro atoms. The Kier molecular flexibility index (Phi) is 9.80. The van der Waals surface area contributed by atoms with Gasteiger partial charge in [-0.3, -0.25) is 15.0 Å². The Morgan fingerprint density at radius 1 is 1.00 bits per heavy atom. The second kappa shape index (κ2) is 13.1. The van der Waals surface area contributed by atoms with Crippen LogP contribution in [0.5, 0.6) is 0 Å². The van der Waals surface area contributed by atoms with Gasteiger partial charge in [-0.2, -0.15) is 4.31 Å². The number of hydrogen-bond acceptors (Lipinski definition) is 8. The van der Waals surface area contributed by atoms with Crippen LogP contribution >= 0.6 is 23.7 Å². The van der Waals surface area contributed by atoms with E-state index in [4.69, 9.17) is 4.74 Å². The fraction of sp³-hybridized carbons (Fsp3) is 0.370. The summed E-state index contributed by atoms with van der Waals surface area (Å²) in [4.78, 5) is 34.5. The molecule has 13 heteroatoms. The minimum atomic E-state index is -3.75. The Morgan fingerprint density at radius 2 is 1.70 bits per heavy atom. The van der Waals surface area contributed by atoms with Crippen molar-refractivity contribution in [3.05, 3.63) is 76.3 Å². The van der Waals surface area contributed by atoms with E-state index < -0.39 is 16.1 Å². The van der Waals surface area contributed by atoms with E-state index in [2.05, 4.69) is 27.3 Å². The number of aromatic nitrogens is 1. The molecular weight excluding hydrogens is 574 g/mol. The average Bonchev–Trinajstić information content (AvgIpc) is 3.35. The number of carbonyl (C=O) groups is 2. The summed E-state index contributed by atoms with van der Waals surface area (Å²) < 4.78 is 32.5. The van der Waals surface area contributed by atoms with Gasteiger partial charge < -0.3 is 9.64 Å². The Morgan fingerprint density at radius 3 is 2.38 bits per heavy atom. The van der Waals surface area contributed by atoms with Gasteiger partial charge in [-0.15, -0.1) is 23.7 Å². The lowest BCUT2D eigenvalue weighted by atomic mass is 10.1. The third kappa shape index (κ3) is 6.81. The molecule has 1 N–H and O–H groups in total. The summed E-state index contributed by atoms with van der Waals surface area (Å²) in [7, 11) is -3.75. The van der Waals surface area contributed by atoms with Gasteiger partial charge in [-0.25, -0.2) is 18.2 Å². The van der Waals surface area contributed by atoms with Crippen molar-refractivity contribution in [1.82, 2.24) is 19.1 Å². The van der Waals surface area contributed by atoms with Crippen LogP contribution in [0, 0.1) is 0 Å². The molecule has 0 bridgehead atoms. The zero-order valence-corrected chi connectivity index (χ0v) is 24.6. The fourth-order valence-corrected chi connectivity index (χ4v) is 7.17. The Hall–Kier alpha value is -3.03. The number of amides is 2. The summed E-state index contributed by atoms with van der Waals surface area (Å²) in [6, 6.07) is 16.2. The maximum absolute atomic E-state index is 13.1. The number of sulfonamides is 1. The summed E-state index contributed by atoms with van der Waals surface area (Å²) in [6.07, 6.45) is 0.394. The van der Waals surface area contributed by atoms with E-state index in [0.29, 0.717) is 10.7 Å². The highest BCUT2D eigenvalue weighted by atomic mass is 35.5. The molecule has 40 heavy (non-hydrogen) atoms. The first-order valence-corrected chi connectivity index (χ1v) is 15.2. The number of fused-ring (bicyclic) bond motifs is 1. The predicted molar refractivity (Wildman–Crippen MR) is 155 cm³/mol. The van der Waals surface area contributed by atoms with Crippen molar-refractivity contribution < 1.29 is 22.7 Å². The van der Waals surface area contributed by atoms with Crippen LogP contribution in [0.1, 0.15) is 33.4 Å². The second-order valence-corrected chi connectivity index (χ2v) is 12.4. The van der Waals surface area contributed by atoms with Gasteiger partial charge in [0.15, 0.2) is 5.13 Å². The Balaban J connectivity index is 0.00000370. The molecule has 0 radical (unpaired) electrons. The van der Waals surface area contributed by atoms with Crippen LogP contribution in [0.4, 0.5) is 9.93 Å². The number of piperazine rings is 1. The van der Waals surface area contributed by atoms with Crippen molar-refractivity contribution in [1.29, 1.82) is 0 Å². The summed E-state index contributed by atoms with van der Waals surface area (Å²) >= 11 is 1.48. The highest BCUT2D eigenvalue weighted by Crippen LogP contribution is 2.29. The zero-order chi connectivity index (χ0) is 27.4. The molecular formula is C27H32ClN5O5S2. The summed E-state index contributed by atoms with van der Waals surface area (Å²) in [5, 5.41) is 3.41. The molecule has 0 aliphatic carbocycles. The number of thiazole rings is 1. The van der Waals surface area contributed by atoms with E-state index in [-0.39, 0.29) is 56.0 Å². The number of halogens is 1. The average molecular weight is 606 g/mol. The number of anilines is 1. The van der Waals surface area contributed by atoms with E-state index in [0.717, 1.165) is 36.6 Å². The number of hydrogen-bond donors (Lipinski definition) is 1. The molecule has 2 aromatic carbocycles. The van der Waals surface area contributed by atoms with Gasteiger partial charge in [-0.05, 0) is 36.8 Å². The number of rotatable bonds is 7. The third-order valence-electron chi connectivity index (χ3n) is 6.80.